The van der Waals surface area contributed by atoms with E-state index in [1.807, 2.05) is 11.8 Å². The Hall–Kier alpha value is -0.880. The minimum Gasteiger partial charge on any atom is -0.336 e. The molecule has 0 saturated heterocycles. The number of amides is 1. The monoisotopic (exact) mass is 341 g/mol. The molecule has 122 valence electrons. The molecule has 3 rings (SSSR count). The van der Waals surface area contributed by atoms with Gasteiger partial charge in [-0.1, -0.05) is 0 Å². The predicted octanol–water partition coefficient (Wildman–Crippen LogP) is 2.58. The topological polar surface area (TPSA) is 54.5 Å². The number of thiophene rings is 1. The normalized spacial score (nSPS) is 25.8. The molecule has 0 spiro atoms. The SMILES string of the molecule is Cc1ccc(C2CC2C(=O)N(C(C)CS(C)(=O)=O)C2CC2)s1. The first-order chi connectivity index (χ1) is 10.3. The molecule has 3 unspecified atom stereocenters. The molecule has 3 atom stereocenters. The van der Waals surface area contributed by atoms with Gasteiger partial charge >= 0.3 is 0 Å². The molecule has 2 aliphatic carbocycles. The molecule has 0 bridgehead atoms. The van der Waals surface area contributed by atoms with Crippen molar-refractivity contribution in [1.82, 2.24) is 4.90 Å². The molecule has 2 saturated carbocycles. The Kier molecular flexibility index (Phi) is 4.10. The van der Waals surface area contributed by atoms with Crippen molar-refractivity contribution in [2.45, 2.75) is 51.1 Å². The zero-order chi connectivity index (χ0) is 16.1. The molecule has 2 aliphatic rings. The lowest BCUT2D eigenvalue weighted by molar-refractivity contribution is -0.134. The summed E-state index contributed by atoms with van der Waals surface area (Å²) in [5, 5.41) is 0. The third-order valence-electron chi connectivity index (χ3n) is 4.45. The van der Waals surface area contributed by atoms with Crippen molar-refractivity contribution in [3.63, 3.8) is 0 Å². The molecule has 22 heavy (non-hydrogen) atoms. The maximum absolute atomic E-state index is 12.8. The summed E-state index contributed by atoms with van der Waals surface area (Å²) in [5.74, 6) is 0.623. The number of aryl methyl sites for hydroxylation is 1. The first-order valence-corrected chi connectivity index (χ1v) is 10.7. The maximum atomic E-state index is 12.8. The second-order valence-electron chi connectivity index (χ2n) is 6.82. The van der Waals surface area contributed by atoms with Crippen LogP contribution in [0, 0.1) is 12.8 Å². The van der Waals surface area contributed by atoms with E-state index in [-0.39, 0.29) is 29.7 Å². The fraction of sp³-hybridized carbons (Fsp3) is 0.688. The average Bonchev–Trinajstić information content (AvgIpc) is 3.27. The van der Waals surface area contributed by atoms with E-state index in [0.717, 1.165) is 19.3 Å². The average molecular weight is 341 g/mol. The Labute approximate surface area is 136 Å². The van der Waals surface area contributed by atoms with Crippen LogP contribution in [-0.2, 0) is 14.6 Å². The molecule has 1 aromatic heterocycles. The van der Waals surface area contributed by atoms with Crippen LogP contribution in [0.5, 0.6) is 0 Å². The number of rotatable bonds is 6. The summed E-state index contributed by atoms with van der Waals surface area (Å²) in [4.78, 5) is 17.3. The van der Waals surface area contributed by atoms with Crippen LogP contribution in [-0.4, -0.2) is 43.3 Å². The second-order valence-corrected chi connectivity index (χ2v) is 10.3. The van der Waals surface area contributed by atoms with Crippen LogP contribution in [0.3, 0.4) is 0 Å². The molecule has 0 aliphatic heterocycles. The highest BCUT2D eigenvalue weighted by molar-refractivity contribution is 7.90. The van der Waals surface area contributed by atoms with Crippen molar-refractivity contribution in [3.05, 3.63) is 21.9 Å². The summed E-state index contributed by atoms with van der Waals surface area (Å²) < 4.78 is 23.1. The van der Waals surface area contributed by atoms with Gasteiger partial charge in [0.2, 0.25) is 5.91 Å². The molecule has 4 nitrogen and oxygen atoms in total. The minimum atomic E-state index is -3.07. The van der Waals surface area contributed by atoms with Gasteiger partial charge in [0.1, 0.15) is 9.84 Å². The van der Waals surface area contributed by atoms with Gasteiger partial charge in [-0.3, -0.25) is 4.79 Å². The van der Waals surface area contributed by atoms with E-state index < -0.39 is 9.84 Å². The van der Waals surface area contributed by atoms with Crippen LogP contribution in [0.25, 0.3) is 0 Å². The highest BCUT2D eigenvalue weighted by atomic mass is 32.2. The quantitative estimate of drug-likeness (QED) is 0.799. The smallest absolute Gasteiger partial charge is 0.226 e. The Morgan fingerprint density at radius 3 is 2.59 bits per heavy atom. The Morgan fingerprint density at radius 1 is 1.41 bits per heavy atom. The number of hydrogen-bond acceptors (Lipinski definition) is 4. The molecule has 2 fully saturated rings. The van der Waals surface area contributed by atoms with Crippen LogP contribution in [0.1, 0.15) is 41.9 Å². The predicted molar refractivity (Wildman–Crippen MR) is 88.9 cm³/mol. The van der Waals surface area contributed by atoms with E-state index in [0.29, 0.717) is 5.92 Å². The number of carbonyl (C=O) groups is 1. The van der Waals surface area contributed by atoms with Gasteiger partial charge < -0.3 is 4.90 Å². The van der Waals surface area contributed by atoms with Crippen LogP contribution in [0.2, 0.25) is 0 Å². The Bertz CT molecular complexity index is 675. The first-order valence-electron chi connectivity index (χ1n) is 7.82. The van der Waals surface area contributed by atoms with E-state index in [1.54, 1.807) is 11.3 Å². The number of nitrogens with zero attached hydrogens (tertiary/aromatic N) is 1. The molecule has 0 aromatic carbocycles. The third-order valence-corrected chi connectivity index (χ3v) is 6.67. The molecule has 0 N–H and O–H groups in total. The summed E-state index contributed by atoms with van der Waals surface area (Å²) >= 11 is 1.77. The van der Waals surface area contributed by atoms with Gasteiger partial charge in [-0.15, -0.1) is 11.3 Å². The van der Waals surface area contributed by atoms with Crippen molar-refractivity contribution in [1.29, 1.82) is 0 Å². The van der Waals surface area contributed by atoms with Crippen LogP contribution >= 0.6 is 11.3 Å². The number of carbonyl (C=O) groups excluding carboxylic acids is 1. The van der Waals surface area contributed by atoms with Crippen LogP contribution in [0.15, 0.2) is 12.1 Å². The van der Waals surface area contributed by atoms with E-state index in [2.05, 4.69) is 19.1 Å². The lowest BCUT2D eigenvalue weighted by Gasteiger charge is -2.29. The van der Waals surface area contributed by atoms with Crippen LogP contribution in [0.4, 0.5) is 0 Å². The Balaban J connectivity index is 1.69. The summed E-state index contributed by atoms with van der Waals surface area (Å²) in [5.41, 5.74) is 0. The van der Waals surface area contributed by atoms with Crippen molar-refractivity contribution < 1.29 is 13.2 Å². The van der Waals surface area contributed by atoms with Gasteiger partial charge in [-0.25, -0.2) is 8.42 Å². The highest BCUT2D eigenvalue weighted by Crippen LogP contribution is 2.51. The van der Waals surface area contributed by atoms with Crippen molar-refractivity contribution in [2.24, 2.45) is 5.92 Å². The summed E-state index contributed by atoms with van der Waals surface area (Å²) in [6.45, 7) is 3.95. The maximum Gasteiger partial charge on any atom is 0.226 e. The van der Waals surface area contributed by atoms with Crippen molar-refractivity contribution >= 4 is 27.1 Å². The second kappa shape index (κ2) is 5.64. The van der Waals surface area contributed by atoms with Gasteiger partial charge in [-0.2, -0.15) is 0 Å². The highest BCUT2D eigenvalue weighted by Gasteiger charge is 2.50. The van der Waals surface area contributed by atoms with Gasteiger partial charge in [0.05, 0.1) is 5.75 Å². The fourth-order valence-electron chi connectivity index (χ4n) is 3.25. The van der Waals surface area contributed by atoms with Crippen molar-refractivity contribution in [3.8, 4) is 0 Å². The van der Waals surface area contributed by atoms with E-state index in [9.17, 15) is 13.2 Å². The van der Waals surface area contributed by atoms with Gasteiger partial charge in [-0.05, 0) is 45.2 Å². The van der Waals surface area contributed by atoms with E-state index >= 15 is 0 Å². The fourth-order valence-corrected chi connectivity index (χ4v) is 5.35. The van der Waals surface area contributed by atoms with E-state index in [1.165, 1.54) is 16.0 Å². The van der Waals surface area contributed by atoms with Gasteiger partial charge in [0, 0.05) is 39.9 Å². The molecule has 1 heterocycles. The first kappa shape index (κ1) is 16.0. The number of hydrogen-bond donors (Lipinski definition) is 0. The summed E-state index contributed by atoms with van der Waals surface area (Å²) in [7, 11) is -3.07. The molecular weight excluding hydrogens is 318 g/mol. The summed E-state index contributed by atoms with van der Waals surface area (Å²) in [6.07, 6.45) is 4.17. The standard InChI is InChI=1S/C16H23NO3S2/c1-10(9-22(3,19)20)17(12-5-6-12)16(18)14-8-13(14)15-7-4-11(2)21-15/h4,7,10,12-14H,5-6,8-9H2,1-3H3. The molecular formula is C16H23NO3S2. The third kappa shape index (κ3) is 3.54. The lowest BCUT2D eigenvalue weighted by Crippen LogP contribution is -2.44. The zero-order valence-electron chi connectivity index (χ0n) is 13.3. The summed E-state index contributed by atoms with van der Waals surface area (Å²) in [6, 6.07) is 4.27. The van der Waals surface area contributed by atoms with Gasteiger partial charge in [0.25, 0.3) is 0 Å². The number of sulfone groups is 1. The van der Waals surface area contributed by atoms with E-state index in [4.69, 9.17) is 0 Å². The molecule has 1 aromatic rings. The molecule has 0 radical (unpaired) electrons. The minimum absolute atomic E-state index is 0.0562. The molecule has 1 amide bonds. The van der Waals surface area contributed by atoms with Crippen LogP contribution < -0.4 is 0 Å². The zero-order valence-corrected chi connectivity index (χ0v) is 14.9. The Morgan fingerprint density at radius 2 is 2.09 bits per heavy atom. The lowest BCUT2D eigenvalue weighted by atomic mass is 10.2. The van der Waals surface area contributed by atoms with Crippen molar-refractivity contribution in [2.75, 3.05) is 12.0 Å². The largest absolute Gasteiger partial charge is 0.336 e. The van der Waals surface area contributed by atoms with Gasteiger partial charge in [0.15, 0.2) is 0 Å². The molecule has 6 heteroatoms.